The van der Waals surface area contributed by atoms with Crippen molar-refractivity contribution in [3.63, 3.8) is 0 Å². The largest absolute Gasteiger partial charge is 0.317 e. The number of nitrogens with one attached hydrogen (secondary N) is 2. The lowest BCUT2D eigenvalue weighted by molar-refractivity contribution is 0.370. The van der Waals surface area contributed by atoms with Crippen molar-refractivity contribution in [1.29, 1.82) is 0 Å². The van der Waals surface area contributed by atoms with E-state index < -0.39 is 0 Å². The van der Waals surface area contributed by atoms with Gasteiger partial charge in [0.15, 0.2) is 0 Å². The van der Waals surface area contributed by atoms with Crippen LogP contribution in [0.15, 0.2) is 6.07 Å². The van der Waals surface area contributed by atoms with Crippen molar-refractivity contribution < 1.29 is 0 Å². The molecule has 2 rings (SSSR count). The van der Waals surface area contributed by atoms with E-state index in [0.717, 1.165) is 5.92 Å². The minimum atomic E-state index is 0.531. The summed E-state index contributed by atoms with van der Waals surface area (Å²) in [6.07, 6.45) is 3.77. The molecule has 0 unspecified atom stereocenters. The van der Waals surface area contributed by atoms with E-state index in [2.05, 4.69) is 35.4 Å². The van der Waals surface area contributed by atoms with Gasteiger partial charge in [-0.05, 0) is 50.3 Å². The van der Waals surface area contributed by atoms with Gasteiger partial charge in [0.25, 0.3) is 0 Å². The molecule has 84 valence electrons. The molecule has 3 heteroatoms. The summed E-state index contributed by atoms with van der Waals surface area (Å²) >= 11 is 0. The van der Waals surface area contributed by atoms with Gasteiger partial charge in [-0.1, -0.05) is 13.8 Å². The number of aromatic amines is 1. The molecule has 2 heterocycles. The van der Waals surface area contributed by atoms with Crippen molar-refractivity contribution in [2.45, 2.75) is 39.0 Å². The lowest BCUT2D eigenvalue weighted by Gasteiger charge is -2.21. The second-order valence-electron chi connectivity index (χ2n) is 4.87. The van der Waals surface area contributed by atoms with Crippen molar-refractivity contribution in [2.75, 3.05) is 13.1 Å². The molecule has 0 amide bonds. The average Bonchev–Trinajstić information content (AvgIpc) is 2.68. The maximum atomic E-state index is 4.34. The number of H-pyrrole nitrogens is 1. The molecule has 0 radical (unpaired) electrons. The van der Waals surface area contributed by atoms with Gasteiger partial charge in [-0.2, -0.15) is 5.10 Å². The van der Waals surface area contributed by atoms with Crippen LogP contribution in [0.3, 0.4) is 0 Å². The van der Waals surface area contributed by atoms with Crippen LogP contribution in [-0.2, 0) is 6.42 Å². The van der Waals surface area contributed by atoms with Crippen molar-refractivity contribution in [2.24, 2.45) is 5.92 Å². The Morgan fingerprint density at radius 3 is 2.73 bits per heavy atom. The smallest absolute Gasteiger partial charge is 0.0650 e. The summed E-state index contributed by atoms with van der Waals surface area (Å²) in [5, 5.41) is 10.9. The van der Waals surface area contributed by atoms with Crippen molar-refractivity contribution in [1.82, 2.24) is 15.5 Å². The Morgan fingerprint density at radius 1 is 1.40 bits per heavy atom. The number of aromatic nitrogens is 2. The molecule has 2 N–H and O–H groups in total. The minimum Gasteiger partial charge on any atom is -0.317 e. The van der Waals surface area contributed by atoms with Crippen LogP contribution >= 0.6 is 0 Å². The van der Waals surface area contributed by atoms with E-state index in [-0.39, 0.29) is 0 Å². The van der Waals surface area contributed by atoms with Crippen LogP contribution in [-0.4, -0.2) is 23.3 Å². The van der Waals surface area contributed by atoms with Gasteiger partial charge >= 0.3 is 0 Å². The first-order chi connectivity index (χ1) is 7.25. The molecule has 0 atom stereocenters. The third-order valence-corrected chi connectivity index (χ3v) is 3.21. The Bertz CT molecular complexity index is 298. The molecule has 0 saturated carbocycles. The number of piperidine rings is 1. The summed E-state index contributed by atoms with van der Waals surface area (Å²) in [6.45, 7) is 6.72. The van der Waals surface area contributed by atoms with Crippen molar-refractivity contribution in [3.05, 3.63) is 17.5 Å². The molecule has 1 aliphatic rings. The molecule has 0 aliphatic carbocycles. The zero-order valence-electron chi connectivity index (χ0n) is 9.71. The number of nitrogens with zero attached hydrogens (tertiary/aromatic N) is 1. The van der Waals surface area contributed by atoms with Gasteiger partial charge in [0.2, 0.25) is 0 Å². The van der Waals surface area contributed by atoms with E-state index in [4.69, 9.17) is 0 Å². The molecule has 0 aromatic carbocycles. The van der Waals surface area contributed by atoms with Crippen LogP contribution in [0.1, 0.15) is 44.0 Å². The van der Waals surface area contributed by atoms with Gasteiger partial charge in [-0.15, -0.1) is 0 Å². The highest BCUT2D eigenvalue weighted by Gasteiger charge is 2.15. The Hall–Kier alpha value is -0.830. The van der Waals surface area contributed by atoms with Crippen LogP contribution in [0.4, 0.5) is 0 Å². The van der Waals surface area contributed by atoms with E-state index in [1.807, 2.05) is 0 Å². The van der Waals surface area contributed by atoms with Crippen LogP contribution in [0, 0.1) is 5.92 Å². The SMILES string of the molecule is CC(C)c1cc(CC2CCNCC2)[nH]n1. The molecular formula is C12H21N3. The molecule has 1 aliphatic heterocycles. The second kappa shape index (κ2) is 4.79. The lowest BCUT2D eigenvalue weighted by Crippen LogP contribution is -2.28. The predicted molar refractivity (Wildman–Crippen MR) is 62.0 cm³/mol. The third kappa shape index (κ3) is 2.81. The van der Waals surface area contributed by atoms with Crippen molar-refractivity contribution >= 4 is 0 Å². The average molecular weight is 207 g/mol. The zero-order valence-corrected chi connectivity index (χ0v) is 9.71. The highest BCUT2D eigenvalue weighted by molar-refractivity contribution is 5.12. The molecular weight excluding hydrogens is 186 g/mol. The van der Waals surface area contributed by atoms with Crippen LogP contribution in [0.2, 0.25) is 0 Å². The summed E-state index contributed by atoms with van der Waals surface area (Å²) in [7, 11) is 0. The van der Waals surface area contributed by atoms with Gasteiger partial charge in [-0.25, -0.2) is 0 Å². The molecule has 3 nitrogen and oxygen atoms in total. The maximum Gasteiger partial charge on any atom is 0.0650 e. The predicted octanol–water partition coefficient (Wildman–Crippen LogP) is 2.08. The van der Waals surface area contributed by atoms with E-state index in [0.29, 0.717) is 5.92 Å². The number of hydrogen-bond donors (Lipinski definition) is 2. The first kappa shape index (κ1) is 10.7. The van der Waals surface area contributed by atoms with Gasteiger partial charge < -0.3 is 5.32 Å². The van der Waals surface area contributed by atoms with Gasteiger partial charge in [0.05, 0.1) is 5.69 Å². The summed E-state index contributed by atoms with van der Waals surface area (Å²) < 4.78 is 0. The summed E-state index contributed by atoms with van der Waals surface area (Å²) in [4.78, 5) is 0. The summed E-state index contributed by atoms with van der Waals surface area (Å²) in [6, 6.07) is 2.23. The van der Waals surface area contributed by atoms with E-state index in [9.17, 15) is 0 Å². The van der Waals surface area contributed by atoms with Gasteiger partial charge in [0, 0.05) is 5.69 Å². The fraction of sp³-hybridized carbons (Fsp3) is 0.750. The third-order valence-electron chi connectivity index (χ3n) is 3.21. The topological polar surface area (TPSA) is 40.7 Å². The number of rotatable bonds is 3. The van der Waals surface area contributed by atoms with Crippen LogP contribution in [0.25, 0.3) is 0 Å². The molecule has 1 fully saturated rings. The molecule has 0 spiro atoms. The summed E-state index contributed by atoms with van der Waals surface area (Å²) in [5.41, 5.74) is 2.50. The lowest BCUT2D eigenvalue weighted by atomic mass is 9.93. The highest BCUT2D eigenvalue weighted by Crippen LogP contribution is 2.19. The van der Waals surface area contributed by atoms with Crippen LogP contribution in [0.5, 0.6) is 0 Å². The zero-order chi connectivity index (χ0) is 10.7. The van der Waals surface area contributed by atoms with E-state index in [1.54, 1.807) is 0 Å². The fourth-order valence-corrected chi connectivity index (χ4v) is 2.18. The normalized spacial score (nSPS) is 18.6. The first-order valence-corrected chi connectivity index (χ1v) is 6.00. The summed E-state index contributed by atoms with van der Waals surface area (Å²) in [5.74, 6) is 1.37. The van der Waals surface area contributed by atoms with Crippen LogP contribution < -0.4 is 5.32 Å². The van der Waals surface area contributed by atoms with E-state index in [1.165, 1.54) is 43.7 Å². The highest BCUT2D eigenvalue weighted by atomic mass is 15.1. The monoisotopic (exact) mass is 207 g/mol. The molecule has 0 bridgehead atoms. The fourth-order valence-electron chi connectivity index (χ4n) is 2.18. The second-order valence-corrected chi connectivity index (χ2v) is 4.87. The Kier molecular flexibility index (Phi) is 3.41. The Balaban J connectivity index is 1.91. The Morgan fingerprint density at radius 2 is 2.13 bits per heavy atom. The van der Waals surface area contributed by atoms with Crippen molar-refractivity contribution in [3.8, 4) is 0 Å². The van der Waals surface area contributed by atoms with Gasteiger partial charge in [-0.3, -0.25) is 5.10 Å². The maximum absolute atomic E-state index is 4.34. The van der Waals surface area contributed by atoms with E-state index >= 15 is 0 Å². The first-order valence-electron chi connectivity index (χ1n) is 6.00. The molecule has 1 aromatic rings. The standard InChI is InChI=1S/C12H21N3/c1-9(2)12-8-11(14-15-12)7-10-3-5-13-6-4-10/h8-10,13H,3-7H2,1-2H3,(H,14,15). The molecule has 1 saturated heterocycles. The molecule has 15 heavy (non-hydrogen) atoms. The molecule has 1 aromatic heterocycles. The quantitative estimate of drug-likeness (QED) is 0.796. The van der Waals surface area contributed by atoms with Gasteiger partial charge in [0.1, 0.15) is 0 Å². The Labute approximate surface area is 91.7 Å². The number of hydrogen-bond acceptors (Lipinski definition) is 2. The minimum absolute atomic E-state index is 0.531.